The van der Waals surface area contributed by atoms with Crippen LogP contribution in [0.4, 0.5) is 4.39 Å². The standard InChI is InChI=1S/C19H25FN2O3/c20-15-7-5-14(6-8-15)17-13-22(11-12-25-17)19(24)10-9-18(23)21-16-3-1-2-4-16/h5-8,16-17H,1-4,9-13H2,(H,21,23). The molecule has 1 saturated carbocycles. The van der Waals surface area contributed by atoms with Gasteiger partial charge in [0.2, 0.25) is 11.8 Å². The number of halogens is 1. The Morgan fingerprint density at radius 3 is 2.60 bits per heavy atom. The summed E-state index contributed by atoms with van der Waals surface area (Å²) in [7, 11) is 0. The van der Waals surface area contributed by atoms with E-state index >= 15 is 0 Å². The second-order valence-corrected chi connectivity index (χ2v) is 6.80. The van der Waals surface area contributed by atoms with E-state index < -0.39 is 0 Å². The largest absolute Gasteiger partial charge is 0.370 e. The molecule has 1 aromatic carbocycles. The van der Waals surface area contributed by atoms with E-state index in [2.05, 4.69) is 5.32 Å². The van der Waals surface area contributed by atoms with Gasteiger partial charge in [0, 0.05) is 25.4 Å². The fourth-order valence-corrected chi connectivity index (χ4v) is 3.50. The summed E-state index contributed by atoms with van der Waals surface area (Å²) in [4.78, 5) is 26.1. The van der Waals surface area contributed by atoms with Crippen molar-refractivity contribution in [3.05, 3.63) is 35.6 Å². The minimum Gasteiger partial charge on any atom is -0.370 e. The predicted octanol–water partition coefficient (Wildman–Crippen LogP) is 2.56. The number of morpholine rings is 1. The van der Waals surface area contributed by atoms with Crippen molar-refractivity contribution in [1.82, 2.24) is 10.2 Å². The number of hydrogen-bond acceptors (Lipinski definition) is 3. The zero-order chi connectivity index (χ0) is 17.6. The van der Waals surface area contributed by atoms with E-state index in [1.54, 1.807) is 17.0 Å². The van der Waals surface area contributed by atoms with Crippen LogP contribution in [0, 0.1) is 5.82 Å². The third kappa shape index (κ3) is 5.01. The number of nitrogens with one attached hydrogen (secondary N) is 1. The van der Waals surface area contributed by atoms with E-state index in [-0.39, 0.29) is 42.6 Å². The van der Waals surface area contributed by atoms with Gasteiger partial charge in [0.15, 0.2) is 0 Å². The van der Waals surface area contributed by atoms with Crippen LogP contribution in [-0.4, -0.2) is 42.5 Å². The first-order valence-corrected chi connectivity index (χ1v) is 9.06. The SMILES string of the molecule is O=C(CCC(=O)N1CCOC(c2ccc(F)cc2)C1)NC1CCCC1. The molecule has 0 bridgehead atoms. The molecule has 2 amide bonds. The molecule has 1 unspecified atom stereocenters. The van der Waals surface area contributed by atoms with Crippen LogP contribution in [0.5, 0.6) is 0 Å². The lowest BCUT2D eigenvalue weighted by Crippen LogP contribution is -2.42. The lowest BCUT2D eigenvalue weighted by atomic mass is 10.1. The number of carbonyl (C=O) groups excluding carboxylic acids is 2. The zero-order valence-electron chi connectivity index (χ0n) is 14.4. The molecular formula is C19H25FN2O3. The highest BCUT2D eigenvalue weighted by atomic mass is 19.1. The predicted molar refractivity (Wildman–Crippen MR) is 91.3 cm³/mol. The van der Waals surface area contributed by atoms with Crippen molar-refractivity contribution in [1.29, 1.82) is 0 Å². The minimum absolute atomic E-state index is 0.0306. The summed E-state index contributed by atoms with van der Waals surface area (Å²) in [6.07, 6.45) is 4.63. The van der Waals surface area contributed by atoms with E-state index in [4.69, 9.17) is 4.74 Å². The van der Waals surface area contributed by atoms with Crippen molar-refractivity contribution >= 4 is 11.8 Å². The smallest absolute Gasteiger partial charge is 0.223 e. The first-order valence-electron chi connectivity index (χ1n) is 9.06. The van der Waals surface area contributed by atoms with Crippen molar-refractivity contribution in [2.75, 3.05) is 19.7 Å². The summed E-state index contributed by atoms with van der Waals surface area (Å²) in [5, 5.41) is 3.01. The maximum absolute atomic E-state index is 13.0. The van der Waals surface area contributed by atoms with Gasteiger partial charge >= 0.3 is 0 Å². The number of benzene rings is 1. The van der Waals surface area contributed by atoms with Gasteiger partial charge in [-0.25, -0.2) is 4.39 Å². The normalized spacial score (nSPS) is 21.3. The van der Waals surface area contributed by atoms with Crippen LogP contribution >= 0.6 is 0 Å². The molecule has 5 nitrogen and oxygen atoms in total. The van der Waals surface area contributed by atoms with Crippen LogP contribution in [0.25, 0.3) is 0 Å². The van der Waals surface area contributed by atoms with Gasteiger partial charge in [-0.1, -0.05) is 25.0 Å². The molecule has 0 radical (unpaired) electrons. The highest BCUT2D eigenvalue weighted by Gasteiger charge is 2.26. The van der Waals surface area contributed by atoms with Crippen LogP contribution in [0.2, 0.25) is 0 Å². The maximum atomic E-state index is 13.0. The van der Waals surface area contributed by atoms with Crippen LogP contribution < -0.4 is 5.32 Å². The van der Waals surface area contributed by atoms with E-state index in [0.717, 1.165) is 18.4 Å². The molecule has 1 aliphatic carbocycles. The Balaban J connectivity index is 1.46. The van der Waals surface area contributed by atoms with E-state index in [9.17, 15) is 14.0 Å². The van der Waals surface area contributed by atoms with E-state index in [0.29, 0.717) is 19.7 Å². The van der Waals surface area contributed by atoms with E-state index in [1.165, 1.54) is 25.0 Å². The van der Waals surface area contributed by atoms with Crippen molar-refractivity contribution in [2.45, 2.75) is 50.7 Å². The number of rotatable bonds is 5. The number of amides is 2. The van der Waals surface area contributed by atoms with Gasteiger partial charge < -0.3 is 15.0 Å². The summed E-state index contributed by atoms with van der Waals surface area (Å²) < 4.78 is 18.7. The van der Waals surface area contributed by atoms with Gasteiger partial charge in [-0.05, 0) is 30.5 Å². The summed E-state index contributed by atoms with van der Waals surface area (Å²) in [5.41, 5.74) is 0.859. The van der Waals surface area contributed by atoms with Crippen LogP contribution in [-0.2, 0) is 14.3 Å². The molecule has 1 aromatic rings. The molecule has 2 fully saturated rings. The Morgan fingerprint density at radius 2 is 1.88 bits per heavy atom. The molecule has 0 spiro atoms. The van der Waals surface area contributed by atoms with Crippen LogP contribution in [0.1, 0.15) is 50.2 Å². The van der Waals surface area contributed by atoms with Gasteiger partial charge in [0.05, 0.1) is 13.2 Å². The Bertz CT molecular complexity index is 599. The number of nitrogens with zero attached hydrogens (tertiary/aromatic N) is 1. The van der Waals surface area contributed by atoms with Crippen LogP contribution in [0.15, 0.2) is 24.3 Å². The quantitative estimate of drug-likeness (QED) is 0.890. The van der Waals surface area contributed by atoms with Gasteiger partial charge in [-0.3, -0.25) is 9.59 Å². The summed E-state index contributed by atoms with van der Waals surface area (Å²) in [6.45, 7) is 1.41. The molecule has 3 rings (SSSR count). The molecule has 6 heteroatoms. The number of carbonyl (C=O) groups is 2. The summed E-state index contributed by atoms with van der Waals surface area (Å²) >= 11 is 0. The summed E-state index contributed by atoms with van der Waals surface area (Å²) in [6, 6.07) is 6.44. The third-order valence-electron chi connectivity index (χ3n) is 4.95. The van der Waals surface area contributed by atoms with Crippen molar-refractivity contribution in [3.8, 4) is 0 Å². The van der Waals surface area contributed by atoms with E-state index in [1.807, 2.05) is 0 Å². The number of hydrogen-bond donors (Lipinski definition) is 1. The molecule has 136 valence electrons. The molecule has 0 aromatic heterocycles. The molecule has 1 saturated heterocycles. The second kappa shape index (κ2) is 8.43. The highest BCUT2D eigenvalue weighted by Crippen LogP contribution is 2.23. The molecule has 1 aliphatic heterocycles. The Hall–Kier alpha value is -1.95. The van der Waals surface area contributed by atoms with Crippen LogP contribution in [0.3, 0.4) is 0 Å². The molecule has 1 N–H and O–H groups in total. The van der Waals surface area contributed by atoms with Gasteiger partial charge in [-0.15, -0.1) is 0 Å². The molecule has 25 heavy (non-hydrogen) atoms. The second-order valence-electron chi connectivity index (χ2n) is 6.80. The number of ether oxygens (including phenoxy) is 1. The fraction of sp³-hybridized carbons (Fsp3) is 0.579. The van der Waals surface area contributed by atoms with Crippen molar-refractivity contribution in [2.24, 2.45) is 0 Å². The first kappa shape index (κ1) is 17.9. The molecular weight excluding hydrogens is 323 g/mol. The van der Waals surface area contributed by atoms with Crippen molar-refractivity contribution < 1.29 is 18.7 Å². The topological polar surface area (TPSA) is 58.6 Å². The lowest BCUT2D eigenvalue weighted by Gasteiger charge is -2.33. The average molecular weight is 348 g/mol. The summed E-state index contributed by atoms with van der Waals surface area (Å²) in [5.74, 6) is -0.360. The molecule has 1 heterocycles. The minimum atomic E-state index is -0.291. The first-order chi connectivity index (χ1) is 12.1. The third-order valence-corrected chi connectivity index (χ3v) is 4.95. The lowest BCUT2D eigenvalue weighted by molar-refractivity contribution is -0.140. The highest BCUT2D eigenvalue weighted by molar-refractivity contribution is 5.84. The Morgan fingerprint density at radius 1 is 1.16 bits per heavy atom. The Kier molecular flexibility index (Phi) is 6.02. The fourth-order valence-electron chi connectivity index (χ4n) is 3.50. The monoisotopic (exact) mass is 348 g/mol. The van der Waals surface area contributed by atoms with Gasteiger partial charge in [-0.2, -0.15) is 0 Å². The molecule has 2 aliphatic rings. The van der Waals surface area contributed by atoms with Gasteiger partial charge in [0.25, 0.3) is 0 Å². The van der Waals surface area contributed by atoms with Crippen molar-refractivity contribution in [3.63, 3.8) is 0 Å². The average Bonchev–Trinajstić information content (AvgIpc) is 3.13. The zero-order valence-corrected chi connectivity index (χ0v) is 14.4. The Labute approximate surface area is 147 Å². The van der Waals surface area contributed by atoms with Gasteiger partial charge in [0.1, 0.15) is 11.9 Å². The molecule has 1 atom stereocenters. The maximum Gasteiger partial charge on any atom is 0.223 e.